The molecule has 0 aliphatic carbocycles. The van der Waals surface area contributed by atoms with Crippen LogP contribution in [0.3, 0.4) is 0 Å². The summed E-state index contributed by atoms with van der Waals surface area (Å²) in [6.45, 7) is 7.47. The van der Waals surface area contributed by atoms with Gasteiger partial charge in [-0.3, -0.25) is 19.3 Å². The molecule has 4 rings (SSSR count). The molecule has 3 heterocycles. The number of nitrogens with zero attached hydrogens (tertiary/aromatic N) is 5. The van der Waals surface area contributed by atoms with Crippen molar-refractivity contribution in [1.29, 1.82) is 0 Å². The van der Waals surface area contributed by atoms with Crippen molar-refractivity contribution in [3.05, 3.63) is 47.8 Å². The highest BCUT2D eigenvalue weighted by Gasteiger charge is 2.57. The van der Waals surface area contributed by atoms with Crippen molar-refractivity contribution in [3.8, 4) is 5.75 Å². The highest BCUT2D eigenvalue weighted by Crippen LogP contribution is 2.38. The second-order valence-corrected chi connectivity index (χ2v) is 9.67. The van der Waals surface area contributed by atoms with E-state index in [9.17, 15) is 9.59 Å². The van der Waals surface area contributed by atoms with Crippen LogP contribution < -0.4 is 4.74 Å². The van der Waals surface area contributed by atoms with Crippen molar-refractivity contribution in [1.82, 2.24) is 24.5 Å². The molecule has 8 heteroatoms. The van der Waals surface area contributed by atoms with E-state index in [2.05, 4.69) is 10.00 Å². The van der Waals surface area contributed by atoms with Gasteiger partial charge >= 0.3 is 6.03 Å². The number of carbonyl (C=O) groups excluding carboxylic acids is 2. The van der Waals surface area contributed by atoms with Crippen molar-refractivity contribution in [2.75, 3.05) is 33.3 Å². The first-order chi connectivity index (χ1) is 15.8. The maximum atomic E-state index is 13.6. The van der Waals surface area contributed by atoms with Gasteiger partial charge in [0.15, 0.2) is 0 Å². The van der Waals surface area contributed by atoms with Crippen molar-refractivity contribution < 1.29 is 14.3 Å². The van der Waals surface area contributed by atoms with Crippen LogP contribution >= 0.6 is 0 Å². The number of rotatable bonds is 8. The molecule has 2 saturated heterocycles. The lowest BCUT2D eigenvalue weighted by Gasteiger charge is -2.42. The van der Waals surface area contributed by atoms with Gasteiger partial charge < -0.3 is 9.64 Å². The fourth-order valence-corrected chi connectivity index (χ4v) is 5.03. The lowest BCUT2D eigenvalue weighted by Crippen LogP contribution is -2.56. The van der Waals surface area contributed by atoms with E-state index in [1.165, 1.54) is 10.5 Å². The van der Waals surface area contributed by atoms with Crippen molar-refractivity contribution >= 4 is 11.9 Å². The van der Waals surface area contributed by atoms with Gasteiger partial charge in [0.2, 0.25) is 0 Å². The topological polar surface area (TPSA) is 70.9 Å². The molecule has 0 radical (unpaired) electrons. The number of aryl methyl sites for hydroxylation is 1. The Bertz CT molecular complexity index is 976. The van der Waals surface area contributed by atoms with E-state index in [0.29, 0.717) is 32.4 Å². The molecule has 0 atom stereocenters. The number of carbonyl (C=O) groups is 2. The number of ether oxygens (including phenoxy) is 1. The molecule has 0 bridgehead atoms. The predicted molar refractivity (Wildman–Crippen MR) is 126 cm³/mol. The first-order valence-corrected chi connectivity index (χ1v) is 11.8. The molecule has 2 aliphatic heterocycles. The van der Waals surface area contributed by atoms with Crippen LogP contribution in [-0.2, 0) is 24.8 Å². The van der Waals surface area contributed by atoms with Gasteiger partial charge in [0, 0.05) is 51.5 Å². The van der Waals surface area contributed by atoms with Crippen LogP contribution in [0.15, 0.2) is 36.7 Å². The van der Waals surface area contributed by atoms with Gasteiger partial charge in [0.25, 0.3) is 5.91 Å². The monoisotopic (exact) mass is 453 g/mol. The molecule has 0 unspecified atom stereocenters. The van der Waals surface area contributed by atoms with E-state index < -0.39 is 5.54 Å². The molecule has 2 aliphatic rings. The molecule has 8 nitrogen and oxygen atoms in total. The molecule has 2 aromatic rings. The zero-order chi connectivity index (χ0) is 23.6. The third-order valence-electron chi connectivity index (χ3n) is 6.80. The molecule has 1 aromatic heterocycles. The summed E-state index contributed by atoms with van der Waals surface area (Å²) in [6, 6.07) is 7.78. The second-order valence-electron chi connectivity index (χ2n) is 9.67. The number of hydrogen-bond acceptors (Lipinski definition) is 5. The van der Waals surface area contributed by atoms with Gasteiger partial charge in [-0.25, -0.2) is 4.79 Å². The average molecular weight is 454 g/mol. The highest BCUT2D eigenvalue weighted by atomic mass is 16.5. The number of methoxy groups -OCH3 is 1. The molecule has 1 aromatic carbocycles. The lowest BCUT2D eigenvalue weighted by atomic mass is 9.85. The summed E-state index contributed by atoms with van der Waals surface area (Å²) in [6.07, 6.45) is 5.95. The smallest absolute Gasteiger partial charge is 0.327 e. The van der Waals surface area contributed by atoms with Crippen LogP contribution in [-0.4, -0.2) is 75.2 Å². The maximum Gasteiger partial charge on any atom is 0.327 e. The van der Waals surface area contributed by atoms with Crippen LogP contribution in [0.5, 0.6) is 5.75 Å². The summed E-state index contributed by atoms with van der Waals surface area (Å²) in [5.41, 5.74) is 1.56. The molecule has 0 saturated carbocycles. The predicted octanol–water partition coefficient (Wildman–Crippen LogP) is 2.93. The highest BCUT2D eigenvalue weighted by molar-refractivity contribution is 6.07. The molecule has 0 N–H and O–H groups in total. The number of piperidine rings is 1. The molecular formula is C25H35N5O3. The van der Waals surface area contributed by atoms with E-state index in [1.807, 2.05) is 67.1 Å². The molecule has 3 amide bonds. The Labute approximate surface area is 196 Å². The zero-order valence-corrected chi connectivity index (χ0v) is 20.2. The molecule has 1 spiro atoms. The Kier molecular flexibility index (Phi) is 6.74. The van der Waals surface area contributed by atoms with Crippen LogP contribution in [0.25, 0.3) is 0 Å². The van der Waals surface area contributed by atoms with Crippen LogP contribution in [0.4, 0.5) is 4.79 Å². The van der Waals surface area contributed by atoms with Gasteiger partial charge in [0.05, 0.1) is 13.3 Å². The Morgan fingerprint density at radius 1 is 1.09 bits per heavy atom. The van der Waals surface area contributed by atoms with E-state index in [-0.39, 0.29) is 17.9 Å². The summed E-state index contributed by atoms with van der Waals surface area (Å²) in [5, 5.41) is 4.26. The number of benzene rings is 1. The summed E-state index contributed by atoms with van der Waals surface area (Å²) < 4.78 is 7.06. The summed E-state index contributed by atoms with van der Waals surface area (Å²) in [5.74, 6) is 1.03. The van der Waals surface area contributed by atoms with E-state index in [1.54, 1.807) is 7.11 Å². The molecular weight excluding hydrogens is 418 g/mol. The quantitative estimate of drug-likeness (QED) is 0.575. The maximum absolute atomic E-state index is 13.6. The van der Waals surface area contributed by atoms with Gasteiger partial charge in [0.1, 0.15) is 11.3 Å². The van der Waals surface area contributed by atoms with Crippen molar-refractivity contribution in [2.45, 2.75) is 45.2 Å². The lowest BCUT2D eigenvalue weighted by molar-refractivity contribution is -0.136. The Morgan fingerprint density at radius 2 is 1.79 bits per heavy atom. The van der Waals surface area contributed by atoms with Gasteiger partial charge in [-0.15, -0.1) is 0 Å². The third-order valence-corrected chi connectivity index (χ3v) is 6.80. The minimum atomic E-state index is -0.732. The normalized spacial score (nSPS) is 18.7. The minimum Gasteiger partial charge on any atom is -0.497 e. The molecule has 178 valence electrons. The summed E-state index contributed by atoms with van der Waals surface area (Å²) in [4.78, 5) is 32.7. The number of amides is 3. The largest absolute Gasteiger partial charge is 0.497 e. The van der Waals surface area contributed by atoms with E-state index in [4.69, 9.17) is 4.74 Å². The number of likely N-dealkylation sites (tertiary alicyclic amines) is 1. The Balaban J connectivity index is 1.49. The fraction of sp³-hybridized carbons (Fsp3) is 0.560. The first kappa shape index (κ1) is 23.3. The van der Waals surface area contributed by atoms with Crippen LogP contribution in [0.2, 0.25) is 0 Å². The van der Waals surface area contributed by atoms with E-state index in [0.717, 1.165) is 30.9 Å². The third kappa shape index (κ3) is 4.76. The number of urea groups is 1. The van der Waals surface area contributed by atoms with Crippen molar-refractivity contribution in [2.24, 2.45) is 13.0 Å². The number of aromatic nitrogens is 2. The van der Waals surface area contributed by atoms with Crippen molar-refractivity contribution in [3.63, 3.8) is 0 Å². The van der Waals surface area contributed by atoms with Crippen LogP contribution in [0.1, 0.15) is 37.8 Å². The van der Waals surface area contributed by atoms with E-state index >= 15 is 0 Å². The van der Waals surface area contributed by atoms with Gasteiger partial charge in [-0.2, -0.15) is 5.10 Å². The molecule has 33 heavy (non-hydrogen) atoms. The summed E-state index contributed by atoms with van der Waals surface area (Å²) in [7, 11) is 3.57. The van der Waals surface area contributed by atoms with Gasteiger partial charge in [-0.05, 0) is 42.9 Å². The summed E-state index contributed by atoms with van der Waals surface area (Å²) >= 11 is 0. The first-order valence-electron chi connectivity index (χ1n) is 11.8. The van der Waals surface area contributed by atoms with Crippen LogP contribution in [0, 0.1) is 5.92 Å². The second kappa shape index (κ2) is 9.55. The average Bonchev–Trinajstić information content (AvgIpc) is 3.29. The zero-order valence-electron chi connectivity index (χ0n) is 20.2. The number of imide groups is 1. The standard InChI is InChI=1S/C25H35N5O3/c1-19(2)16-29-23(31)25(10-13-28(14-11-25)18-21-15-26-27(3)17-21)30(24(29)32)12-9-20-5-7-22(33-4)8-6-20/h5-8,15,17,19H,9-14,16,18H2,1-4H3. The Hall–Kier alpha value is -2.87. The minimum absolute atomic E-state index is 0.0167. The fourth-order valence-electron chi connectivity index (χ4n) is 5.03. The number of hydrogen-bond donors (Lipinski definition) is 0. The SMILES string of the molecule is COc1ccc(CCN2C(=O)N(CC(C)C)C(=O)C23CCN(Cc2cnn(C)c2)CC3)cc1. The Morgan fingerprint density at radius 3 is 2.36 bits per heavy atom. The van der Waals surface area contributed by atoms with Gasteiger partial charge in [-0.1, -0.05) is 26.0 Å². The molecule has 2 fully saturated rings.